The molecule has 1 saturated heterocycles. The van der Waals surface area contributed by atoms with Gasteiger partial charge in [0.1, 0.15) is 42.5 Å². The molecule has 2 rings (SSSR count). The van der Waals surface area contributed by atoms with Gasteiger partial charge in [-0.25, -0.2) is 4.79 Å². The first-order valence-corrected chi connectivity index (χ1v) is 28.4. The molecule has 2 aliphatic rings. The Kier molecular flexibility index (Phi) is 21.0. The molecule has 11 nitrogen and oxygen atoms in total. The molecule has 346 valence electrons. The number of esters is 1. The number of ketones is 3. The minimum absolute atomic E-state index is 0.0351. The molecule has 12 atom stereocenters. The van der Waals surface area contributed by atoms with Gasteiger partial charge in [0, 0.05) is 57.8 Å². The second-order valence-electron chi connectivity index (χ2n) is 20.3. The topological polar surface area (TPSA) is 147 Å². The van der Waals surface area contributed by atoms with Crippen molar-refractivity contribution < 1.29 is 52.4 Å². The van der Waals surface area contributed by atoms with Gasteiger partial charge in [-0.3, -0.25) is 14.4 Å². The summed E-state index contributed by atoms with van der Waals surface area (Å²) in [5, 5.41) is 11.9. The SMILES string of the molecule is C/C=C\[C@H](C)[C@H]1O[C@]1(C)[C@H](O)[C@H]1COC(=O)[C@H](OCOCC[Si](C)(C)C)C(OC)[C@H](C)C(=O)[C@H](C)C(O[Si](C(C)C)(C(C)C)C(C)C)/C(C)=C/[C@H](C)C(=O)CC[C@@H](C)C1=O. The van der Waals surface area contributed by atoms with Crippen LogP contribution in [0.15, 0.2) is 23.8 Å². The van der Waals surface area contributed by atoms with Crippen molar-refractivity contribution in [2.75, 3.05) is 27.1 Å². The van der Waals surface area contributed by atoms with Crippen molar-refractivity contribution in [2.24, 2.45) is 35.5 Å². The number of Topliss-reactive ketones (excluding diaryl/α,β-unsaturated/α-hetero) is 3. The van der Waals surface area contributed by atoms with E-state index >= 15 is 0 Å². The van der Waals surface area contributed by atoms with Gasteiger partial charge in [0.05, 0.1) is 24.2 Å². The monoisotopic (exact) mass is 881 g/mol. The number of allylic oxidation sites excluding steroid dienone is 2. The van der Waals surface area contributed by atoms with Crippen molar-refractivity contribution >= 4 is 39.7 Å². The molecule has 0 saturated carbocycles. The highest BCUT2D eigenvalue weighted by molar-refractivity contribution is 6.77. The Hall–Kier alpha value is -1.85. The maximum Gasteiger partial charge on any atom is 0.338 e. The number of aliphatic hydroxyl groups excluding tert-OH is 1. The summed E-state index contributed by atoms with van der Waals surface area (Å²) in [5.41, 5.74) is 0.411. The Morgan fingerprint density at radius 1 is 0.917 bits per heavy atom. The van der Waals surface area contributed by atoms with E-state index in [4.69, 9.17) is 28.1 Å². The summed E-state index contributed by atoms with van der Waals surface area (Å²) in [6.45, 7) is 34.4. The molecule has 0 aromatic carbocycles. The summed E-state index contributed by atoms with van der Waals surface area (Å²) < 4.78 is 37.4. The third kappa shape index (κ3) is 13.6. The number of methoxy groups -OCH3 is 1. The standard InChI is InChI=1S/C47H84O11Si2/c1-19-20-32(9)45-47(14,57-45)44(51)37-26-55-46(52)43(56-27-54-23-24-59(16,17)18)42(53-15)36(13)40(50)35(12)41(58-60(28(2)3,29(4)5)30(6)7)34(11)25-33(10)38(48)22-21-31(8)39(37)49/h19-20,25,28-33,35-37,41-45,51H,21-24,26-27H2,1-18H3/b20-19-,34-25+/t31-,32+,33+,35+,36-,37+,41?,42?,43-,44-,45-,47-/m1/s1. The highest BCUT2D eigenvalue weighted by Crippen LogP contribution is 2.47. The fourth-order valence-electron chi connectivity index (χ4n) is 9.56. The molecular formula is C47H84O11Si2. The summed E-state index contributed by atoms with van der Waals surface area (Å²) in [7, 11) is -2.57. The second-order valence-corrected chi connectivity index (χ2v) is 31.3. The minimum Gasteiger partial charge on any atom is -0.463 e. The molecule has 2 heterocycles. The maximum atomic E-state index is 14.8. The lowest BCUT2D eigenvalue weighted by Gasteiger charge is -2.46. The van der Waals surface area contributed by atoms with E-state index in [1.807, 2.05) is 52.8 Å². The second kappa shape index (κ2) is 23.2. The maximum absolute atomic E-state index is 14.8. The normalized spacial score (nSPS) is 33.2. The fraction of sp³-hybridized carbons (Fsp3) is 0.830. The first kappa shape index (κ1) is 54.3. The first-order chi connectivity index (χ1) is 27.7. The molecule has 1 N–H and O–H groups in total. The van der Waals surface area contributed by atoms with Gasteiger partial charge in [0.25, 0.3) is 0 Å². The zero-order valence-electron chi connectivity index (χ0n) is 40.6. The van der Waals surface area contributed by atoms with Crippen molar-refractivity contribution in [1.82, 2.24) is 0 Å². The lowest BCUT2D eigenvalue weighted by atomic mass is 9.79. The van der Waals surface area contributed by atoms with E-state index in [1.165, 1.54) is 7.11 Å². The van der Waals surface area contributed by atoms with Crippen molar-refractivity contribution in [3.8, 4) is 0 Å². The number of cyclic esters (lactones) is 1. The van der Waals surface area contributed by atoms with E-state index in [9.17, 15) is 24.3 Å². The molecule has 0 aromatic heterocycles. The smallest absolute Gasteiger partial charge is 0.338 e. The Morgan fingerprint density at radius 2 is 1.50 bits per heavy atom. The summed E-state index contributed by atoms with van der Waals surface area (Å²) in [5.74, 6) is -5.34. The fourth-order valence-corrected chi connectivity index (χ4v) is 16.0. The van der Waals surface area contributed by atoms with Crippen LogP contribution in [-0.4, -0.2) is 108 Å². The van der Waals surface area contributed by atoms with Crippen LogP contribution < -0.4 is 0 Å². The minimum atomic E-state index is -2.56. The average molecular weight is 881 g/mol. The van der Waals surface area contributed by atoms with Gasteiger partial charge in [-0.1, -0.05) is 114 Å². The highest BCUT2D eigenvalue weighted by atomic mass is 28.4. The number of ether oxygens (including phenoxy) is 5. The molecule has 0 radical (unpaired) electrons. The summed E-state index contributed by atoms with van der Waals surface area (Å²) >= 11 is 0. The molecule has 2 unspecified atom stereocenters. The van der Waals surface area contributed by atoms with Crippen molar-refractivity contribution in [2.45, 2.75) is 188 Å². The number of carbonyl (C=O) groups excluding carboxylic acids is 4. The van der Waals surface area contributed by atoms with Crippen LogP contribution in [0.3, 0.4) is 0 Å². The molecule has 0 bridgehead atoms. The number of epoxide rings is 1. The number of hydrogen-bond donors (Lipinski definition) is 1. The third-order valence-electron chi connectivity index (χ3n) is 13.4. The van der Waals surface area contributed by atoms with E-state index in [2.05, 4.69) is 61.2 Å². The predicted octanol–water partition coefficient (Wildman–Crippen LogP) is 9.14. The number of carbonyl (C=O) groups is 4. The molecule has 1 fully saturated rings. The Balaban J connectivity index is 2.75. The van der Waals surface area contributed by atoms with Crippen molar-refractivity contribution in [1.29, 1.82) is 0 Å². The molecule has 2 aliphatic heterocycles. The van der Waals surface area contributed by atoms with Crippen LogP contribution in [0.5, 0.6) is 0 Å². The van der Waals surface area contributed by atoms with Gasteiger partial charge in [0.2, 0.25) is 8.32 Å². The van der Waals surface area contributed by atoms with Gasteiger partial charge >= 0.3 is 5.97 Å². The summed E-state index contributed by atoms with van der Waals surface area (Å²) in [6, 6.07) is 0.881. The average Bonchev–Trinajstić information content (AvgIpc) is 3.86. The number of aliphatic hydroxyl groups is 1. The van der Waals surface area contributed by atoms with E-state index in [1.54, 1.807) is 20.8 Å². The molecule has 13 heteroatoms. The number of rotatable bonds is 16. The van der Waals surface area contributed by atoms with Gasteiger partial charge in [-0.05, 0) is 55.4 Å². The van der Waals surface area contributed by atoms with E-state index in [0.717, 1.165) is 11.6 Å². The van der Waals surface area contributed by atoms with E-state index < -0.39 is 88.6 Å². The van der Waals surface area contributed by atoms with Crippen LogP contribution >= 0.6 is 0 Å². The number of hydrogen-bond acceptors (Lipinski definition) is 11. The summed E-state index contributed by atoms with van der Waals surface area (Å²) in [4.78, 5) is 57.3. The Morgan fingerprint density at radius 3 is 2.02 bits per heavy atom. The zero-order valence-corrected chi connectivity index (χ0v) is 42.6. The van der Waals surface area contributed by atoms with Crippen LogP contribution in [0, 0.1) is 35.5 Å². The first-order valence-electron chi connectivity index (χ1n) is 22.6. The van der Waals surface area contributed by atoms with Gasteiger partial charge in [-0.2, -0.15) is 0 Å². The van der Waals surface area contributed by atoms with Gasteiger partial charge in [-0.15, -0.1) is 0 Å². The summed E-state index contributed by atoms with van der Waals surface area (Å²) in [6.07, 6.45) is 1.35. The largest absolute Gasteiger partial charge is 0.463 e. The van der Waals surface area contributed by atoms with Crippen LogP contribution in [-0.2, 0) is 47.3 Å². The highest BCUT2D eigenvalue weighted by Gasteiger charge is 2.62. The van der Waals surface area contributed by atoms with Gasteiger partial charge in [0.15, 0.2) is 6.10 Å². The van der Waals surface area contributed by atoms with Crippen LogP contribution in [0.2, 0.25) is 42.3 Å². The quantitative estimate of drug-likeness (QED) is 0.0395. The zero-order chi connectivity index (χ0) is 46.1. The van der Waals surface area contributed by atoms with Crippen molar-refractivity contribution in [3.05, 3.63) is 23.8 Å². The van der Waals surface area contributed by atoms with E-state index in [0.29, 0.717) is 6.61 Å². The molecule has 60 heavy (non-hydrogen) atoms. The Labute approximate surface area is 365 Å². The lowest BCUT2D eigenvalue weighted by molar-refractivity contribution is -0.188. The molecular weight excluding hydrogens is 797 g/mol. The van der Waals surface area contributed by atoms with Gasteiger partial charge < -0.3 is 33.2 Å². The van der Waals surface area contributed by atoms with Crippen LogP contribution in [0.1, 0.15) is 110 Å². The third-order valence-corrected chi connectivity index (χ3v) is 21.2. The van der Waals surface area contributed by atoms with Crippen molar-refractivity contribution in [3.63, 3.8) is 0 Å². The predicted molar refractivity (Wildman–Crippen MR) is 243 cm³/mol. The Bertz CT molecular complexity index is 1460. The van der Waals surface area contributed by atoms with Crippen LogP contribution in [0.4, 0.5) is 0 Å². The molecule has 0 amide bonds. The molecule has 0 aromatic rings. The molecule has 0 spiro atoms. The molecule has 0 aliphatic carbocycles. The van der Waals surface area contributed by atoms with E-state index in [-0.39, 0.29) is 65.6 Å². The van der Waals surface area contributed by atoms with Crippen LogP contribution in [0.25, 0.3) is 0 Å². The lowest BCUT2D eigenvalue weighted by Crippen LogP contribution is -2.53.